The maximum atomic E-state index is 12.8. The summed E-state index contributed by atoms with van der Waals surface area (Å²) in [6.45, 7) is 0.0803. The average molecular weight is 529 g/mol. The highest BCUT2D eigenvalue weighted by molar-refractivity contribution is 6.40. The van der Waals surface area contributed by atoms with Crippen molar-refractivity contribution in [2.75, 3.05) is 5.32 Å². The van der Waals surface area contributed by atoms with Gasteiger partial charge in [-0.05, 0) is 29.3 Å². The Morgan fingerprint density at radius 2 is 1.60 bits per heavy atom. The van der Waals surface area contributed by atoms with Crippen molar-refractivity contribution >= 4 is 40.9 Å². The SMILES string of the molecule is O=C(NCc1ccc(C(O)C(=O)O)cc1)Nc1cc(Cl)c(-c2ccccc2OC(F)(F)F)c(Cl)c1. The number of aliphatic hydroxyl groups excluding tert-OH is 1. The lowest BCUT2D eigenvalue weighted by Gasteiger charge is -2.16. The van der Waals surface area contributed by atoms with Crippen LogP contribution in [0.1, 0.15) is 17.2 Å². The molecule has 7 nitrogen and oxygen atoms in total. The van der Waals surface area contributed by atoms with Crippen LogP contribution in [0.2, 0.25) is 10.0 Å². The molecule has 3 aromatic carbocycles. The van der Waals surface area contributed by atoms with Gasteiger partial charge in [-0.25, -0.2) is 9.59 Å². The summed E-state index contributed by atoms with van der Waals surface area (Å²) in [7, 11) is 0. The van der Waals surface area contributed by atoms with E-state index >= 15 is 0 Å². The number of carbonyl (C=O) groups excluding carboxylic acids is 1. The fourth-order valence-corrected chi connectivity index (χ4v) is 3.80. The maximum Gasteiger partial charge on any atom is 0.573 e. The number of hydrogen-bond acceptors (Lipinski definition) is 4. The van der Waals surface area contributed by atoms with Gasteiger partial charge in [0.05, 0.1) is 10.0 Å². The minimum atomic E-state index is -4.91. The summed E-state index contributed by atoms with van der Waals surface area (Å²) in [4.78, 5) is 23.1. The number of carboxylic acid groups (broad SMARTS) is 1. The van der Waals surface area contributed by atoms with Crippen LogP contribution in [0.15, 0.2) is 60.7 Å². The van der Waals surface area contributed by atoms with Crippen molar-refractivity contribution in [1.82, 2.24) is 5.32 Å². The molecule has 1 unspecified atom stereocenters. The van der Waals surface area contributed by atoms with Crippen molar-refractivity contribution in [3.8, 4) is 16.9 Å². The van der Waals surface area contributed by atoms with E-state index in [2.05, 4.69) is 15.4 Å². The quantitative estimate of drug-likeness (QED) is 0.301. The number of carbonyl (C=O) groups is 2. The monoisotopic (exact) mass is 528 g/mol. The van der Waals surface area contributed by atoms with E-state index < -0.39 is 30.2 Å². The van der Waals surface area contributed by atoms with E-state index in [1.54, 1.807) is 12.1 Å². The summed E-state index contributed by atoms with van der Waals surface area (Å²) in [5.74, 6) is -1.86. The Kier molecular flexibility index (Phi) is 8.11. The molecular weight excluding hydrogens is 512 g/mol. The third-order valence-corrected chi connectivity index (χ3v) is 5.26. The summed E-state index contributed by atoms with van der Waals surface area (Å²) >= 11 is 12.6. The molecule has 0 saturated heterocycles. The number of amides is 2. The van der Waals surface area contributed by atoms with Crippen molar-refractivity contribution < 1.29 is 37.7 Å². The molecule has 0 fully saturated rings. The molecule has 12 heteroatoms. The van der Waals surface area contributed by atoms with Crippen LogP contribution in [0.3, 0.4) is 0 Å². The Bertz CT molecular complexity index is 1210. The Morgan fingerprint density at radius 3 is 2.17 bits per heavy atom. The number of nitrogens with one attached hydrogen (secondary N) is 2. The van der Waals surface area contributed by atoms with Gasteiger partial charge >= 0.3 is 18.4 Å². The van der Waals surface area contributed by atoms with E-state index in [1.807, 2.05) is 0 Å². The van der Waals surface area contributed by atoms with Gasteiger partial charge in [0.15, 0.2) is 6.10 Å². The molecule has 0 aromatic heterocycles. The lowest BCUT2D eigenvalue weighted by atomic mass is 10.0. The molecule has 0 bridgehead atoms. The topological polar surface area (TPSA) is 108 Å². The van der Waals surface area contributed by atoms with Gasteiger partial charge in [0, 0.05) is 23.4 Å². The zero-order valence-electron chi connectivity index (χ0n) is 17.6. The minimum absolute atomic E-state index is 0.0152. The van der Waals surface area contributed by atoms with E-state index in [-0.39, 0.29) is 39.0 Å². The second-order valence-corrected chi connectivity index (χ2v) is 7.96. The van der Waals surface area contributed by atoms with Crippen LogP contribution in [0.25, 0.3) is 11.1 Å². The molecule has 184 valence electrons. The molecule has 0 aliphatic heterocycles. The Labute approximate surface area is 207 Å². The first kappa shape index (κ1) is 26.1. The van der Waals surface area contributed by atoms with Crippen LogP contribution in [0.4, 0.5) is 23.7 Å². The number of aliphatic carboxylic acids is 1. The number of aliphatic hydroxyl groups is 1. The number of alkyl halides is 3. The highest BCUT2D eigenvalue weighted by Gasteiger charge is 2.32. The van der Waals surface area contributed by atoms with Crippen molar-refractivity contribution in [1.29, 1.82) is 0 Å². The lowest BCUT2D eigenvalue weighted by Crippen LogP contribution is -2.28. The average Bonchev–Trinajstić information content (AvgIpc) is 2.77. The second-order valence-electron chi connectivity index (χ2n) is 7.15. The van der Waals surface area contributed by atoms with Crippen molar-refractivity contribution in [2.24, 2.45) is 0 Å². The molecule has 0 aliphatic carbocycles. The highest BCUT2D eigenvalue weighted by Crippen LogP contribution is 2.42. The summed E-state index contributed by atoms with van der Waals surface area (Å²) in [6.07, 6.45) is -6.56. The molecule has 35 heavy (non-hydrogen) atoms. The highest BCUT2D eigenvalue weighted by atomic mass is 35.5. The molecular formula is C23H17Cl2F3N2O5. The number of para-hydroxylation sites is 1. The van der Waals surface area contributed by atoms with Crippen LogP contribution in [0.5, 0.6) is 5.75 Å². The van der Waals surface area contributed by atoms with Crippen LogP contribution in [-0.2, 0) is 11.3 Å². The van der Waals surface area contributed by atoms with Gasteiger partial charge in [-0.2, -0.15) is 0 Å². The fraction of sp³-hybridized carbons (Fsp3) is 0.130. The molecule has 3 rings (SSSR count). The van der Waals surface area contributed by atoms with Gasteiger partial charge in [0.25, 0.3) is 0 Å². The smallest absolute Gasteiger partial charge is 0.479 e. The summed E-state index contributed by atoms with van der Waals surface area (Å²) in [5, 5.41) is 23.4. The number of urea groups is 1. The maximum absolute atomic E-state index is 12.8. The van der Waals surface area contributed by atoms with Crippen LogP contribution >= 0.6 is 23.2 Å². The van der Waals surface area contributed by atoms with E-state index in [0.29, 0.717) is 5.56 Å². The van der Waals surface area contributed by atoms with Crippen LogP contribution < -0.4 is 15.4 Å². The molecule has 0 aliphatic rings. The zero-order chi connectivity index (χ0) is 25.8. The number of halogens is 5. The number of carboxylic acids is 1. The van der Waals surface area contributed by atoms with Gasteiger partial charge in [-0.3, -0.25) is 0 Å². The molecule has 0 spiro atoms. The van der Waals surface area contributed by atoms with Gasteiger partial charge in [0.2, 0.25) is 0 Å². The second kappa shape index (κ2) is 10.9. The van der Waals surface area contributed by atoms with Gasteiger partial charge < -0.3 is 25.6 Å². The van der Waals surface area contributed by atoms with Crippen LogP contribution in [0, 0.1) is 0 Å². The predicted molar refractivity (Wildman–Crippen MR) is 123 cm³/mol. The first-order valence-corrected chi connectivity index (χ1v) is 10.6. The first-order chi connectivity index (χ1) is 16.4. The number of hydrogen-bond donors (Lipinski definition) is 4. The van der Waals surface area contributed by atoms with E-state index in [0.717, 1.165) is 6.07 Å². The van der Waals surface area contributed by atoms with Gasteiger partial charge in [-0.1, -0.05) is 65.7 Å². The van der Waals surface area contributed by atoms with Gasteiger partial charge in [-0.15, -0.1) is 13.2 Å². The third-order valence-electron chi connectivity index (χ3n) is 4.66. The molecule has 0 heterocycles. The number of benzene rings is 3. The number of ether oxygens (including phenoxy) is 1. The van der Waals surface area contributed by atoms with Crippen molar-refractivity contribution in [2.45, 2.75) is 19.0 Å². The van der Waals surface area contributed by atoms with E-state index in [1.165, 1.54) is 42.5 Å². The third kappa shape index (κ3) is 7.01. The van der Waals surface area contributed by atoms with Gasteiger partial charge in [0.1, 0.15) is 5.75 Å². The largest absolute Gasteiger partial charge is 0.573 e. The Morgan fingerprint density at radius 1 is 1.00 bits per heavy atom. The molecule has 0 radical (unpaired) electrons. The predicted octanol–water partition coefficient (Wildman–Crippen LogP) is 6.00. The van der Waals surface area contributed by atoms with Crippen LogP contribution in [-0.4, -0.2) is 28.6 Å². The molecule has 0 saturated carbocycles. The summed E-state index contributed by atoms with van der Waals surface area (Å²) in [6, 6.07) is 13.3. The molecule has 2 amide bonds. The lowest BCUT2D eigenvalue weighted by molar-refractivity contribution is -0.274. The summed E-state index contributed by atoms with van der Waals surface area (Å²) < 4.78 is 42.3. The number of rotatable bonds is 7. The minimum Gasteiger partial charge on any atom is -0.479 e. The number of anilines is 1. The first-order valence-electron chi connectivity index (χ1n) is 9.83. The molecule has 4 N–H and O–H groups in total. The van der Waals surface area contributed by atoms with E-state index in [4.69, 9.17) is 28.3 Å². The van der Waals surface area contributed by atoms with E-state index in [9.17, 15) is 27.9 Å². The zero-order valence-corrected chi connectivity index (χ0v) is 19.1. The molecule has 3 aromatic rings. The van der Waals surface area contributed by atoms with Crippen molar-refractivity contribution in [3.63, 3.8) is 0 Å². The molecule has 1 atom stereocenters. The Balaban J connectivity index is 1.70. The summed E-state index contributed by atoms with van der Waals surface area (Å²) in [5.41, 5.74) is 1.14. The standard InChI is InChI=1S/C23H17Cl2F3N2O5/c24-16-9-14(10-17(25)19(16)15-3-1-2-4-18(15)35-23(26,27)28)30-22(34)29-11-12-5-7-13(8-6-12)20(31)21(32)33/h1-10,20,31H,11H2,(H,32,33)(H2,29,30,34). The van der Waals surface area contributed by atoms with Crippen molar-refractivity contribution in [3.05, 3.63) is 81.8 Å². The fourth-order valence-electron chi connectivity index (χ4n) is 3.11. The normalized spacial score (nSPS) is 12.1. The Hall–Kier alpha value is -3.47.